The molecule has 1 aromatic heterocycles. The Morgan fingerprint density at radius 2 is 2.00 bits per heavy atom. The Hall–Kier alpha value is -2.28. The third-order valence-electron chi connectivity index (χ3n) is 4.33. The van der Waals surface area contributed by atoms with E-state index in [1.807, 2.05) is 18.2 Å². The first-order valence-corrected chi connectivity index (χ1v) is 7.74. The SMILES string of the molecule is Cl.O=C(O)C1CCN(C(=O)CCCc2ccc3[nH]c(=O)[nH]c3c2)C1. The van der Waals surface area contributed by atoms with Gasteiger partial charge in [-0.3, -0.25) is 9.59 Å². The Kier molecular flexibility index (Phi) is 5.66. The molecule has 3 rings (SSSR count). The van der Waals surface area contributed by atoms with E-state index < -0.39 is 11.9 Å². The maximum Gasteiger partial charge on any atom is 0.323 e. The first-order chi connectivity index (χ1) is 11.0. The molecule has 1 atom stereocenters. The number of aromatic amines is 2. The highest BCUT2D eigenvalue weighted by Gasteiger charge is 2.30. The topological polar surface area (TPSA) is 106 Å². The molecule has 3 N–H and O–H groups in total. The molecule has 24 heavy (non-hydrogen) atoms. The van der Waals surface area contributed by atoms with Crippen molar-refractivity contribution in [2.24, 2.45) is 5.92 Å². The molecule has 1 aromatic carbocycles. The lowest BCUT2D eigenvalue weighted by molar-refractivity contribution is -0.141. The number of nitrogens with zero attached hydrogens (tertiary/aromatic N) is 1. The number of benzene rings is 1. The lowest BCUT2D eigenvalue weighted by Gasteiger charge is -2.15. The van der Waals surface area contributed by atoms with Crippen LogP contribution in [-0.4, -0.2) is 44.9 Å². The number of H-pyrrole nitrogens is 2. The number of fused-ring (bicyclic) bond motifs is 1. The molecule has 1 saturated heterocycles. The number of likely N-dealkylation sites (tertiary alicyclic amines) is 1. The summed E-state index contributed by atoms with van der Waals surface area (Å²) in [4.78, 5) is 41.3. The van der Waals surface area contributed by atoms with Gasteiger partial charge in [0, 0.05) is 19.5 Å². The fourth-order valence-corrected chi connectivity index (χ4v) is 3.03. The van der Waals surface area contributed by atoms with Crippen LogP contribution < -0.4 is 5.69 Å². The minimum atomic E-state index is -0.825. The van der Waals surface area contributed by atoms with Crippen molar-refractivity contribution in [1.29, 1.82) is 0 Å². The molecule has 1 aliphatic rings. The summed E-state index contributed by atoms with van der Waals surface area (Å²) >= 11 is 0. The van der Waals surface area contributed by atoms with Crippen molar-refractivity contribution in [3.05, 3.63) is 34.2 Å². The van der Waals surface area contributed by atoms with Crippen LogP contribution in [0.5, 0.6) is 0 Å². The lowest BCUT2D eigenvalue weighted by Crippen LogP contribution is -2.29. The Balaban J connectivity index is 0.00000208. The standard InChI is InChI=1S/C16H19N3O4.ClH/c20-14(19-7-6-11(9-19)15(21)22)3-1-2-10-4-5-12-13(8-10)18-16(23)17-12;/h4-5,8,11H,1-3,6-7,9H2,(H,21,22)(H2,17,18,23);1H. The van der Waals surface area contributed by atoms with Crippen molar-refractivity contribution in [2.45, 2.75) is 25.7 Å². The second-order valence-electron chi connectivity index (χ2n) is 5.98. The van der Waals surface area contributed by atoms with E-state index in [1.165, 1.54) is 0 Å². The summed E-state index contributed by atoms with van der Waals surface area (Å²) in [5, 5.41) is 8.96. The number of amides is 1. The first kappa shape index (κ1) is 18.1. The Bertz CT molecular complexity index is 798. The molecule has 1 fully saturated rings. The van der Waals surface area contributed by atoms with Crippen molar-refractivity contribution in [2.75, 3.05) is 13.1 Å². The number of halogens is 1. The summed E-state index contributed by atoms with van der Waals surface area (Å²) in [7, 11) is 0. The van der Waals surface area contributed by atoms with Gasteiger partial charge in [-0.15, -0.1) is 12.4 Å². The van der Waals surface area contributed by atoms with Gasteiger partial charge >= 0.3 is 11.7 Å². The highest BCUT2D eigenvalue weighted by Crippen LogP contribution is 2.18. The fraction of sp³-hybridized carbons (Fsp3) is 0.438. The number of hydrogen-bond acceptors (Lipinski definition) is 3. The third kappa shape index (κ3) is 3.97. The van der Waals surface area contributed by atoms with Crippen LogP contribution in [0.15, 0.2) is 23.0 Å². The number of aliphatic carboxylic acids is 1. The van der Waals surface area contributed by atoms with Gasteiger partial charge in [0.05, 0.1) is 17.0 Å². The number of carboxylic acids is 1. The molecule has 1 amide bonds. The number of carbonyl (C=O) groups is 2. The number of carboxylic acid groups (broad SMARTS) is 1. The van der Waals surface area contributed by atoms with Crippen LogP contribution in [0.3, 0.4) is 0 Å². The van der Waals surface area contributed by atoms with Crippen LogP contribution in [0.1, 0.15) is 24.8 Å². The van der Waals surface area contributed by atoms with Crippen LogP contribution in [0.25, 0.3) is 11.0 Å². The Labute approximate surface area is 144 Å². The van der Waals surface area contributed by atoms with Crippen LogP contribution in [0.2, 0.25) is 0 Å². The van der Waals surface area contributed by atoms with E-state index in [2.05, 4.69) is 9.97 Å². The number of imidazole rings is 1. The predicted octanol–water partition coefficient (Wildman–Crippen LogP) is 1.53. The number of hydrogen-bond donors (Lipinski definition) is 3. The predicted molar refractivity (Wildman–Crippen MR) is 91.4 cm³/mol. The van der Waals surface area contributed by atoms with E-state index >= 15 is 0 Å². The third-order valence-corrected chi connectivity index (χ3v) is 4.33. The highest BCUT2D eigenvalue weighted by atomic mass is 35.5. The van der Waals surface area contributed by atoms with Gasteiger partial charge in [-0.1, -0.05) is 6.07 Å². The smallest absolute Gasteiger partial charge is 0.323 e. The molecular weight excluding hydrogens is 334 g/mol. The highest BCUT2D eigenvalue weighted by molar-refractivity contribution is 5.85. The minimum absolute atomic E-state index is 0. The van der Waals surface area contributed by atoms with Gasteiger partial charge in [0.1, 0.15) is 0 Å². The molecular formula is C16H20ClN3O4. The summed E-state index contributed by atoms with van der Waals surface area (Å²) in [5.41, 5.74) is 2.37. The molecule has 0 radical (unpaired) electrons. The number of rotatable bonds is 5. The number of aromatic nitrogens is 2. The zero-order valence-corrected chi connectivity index (χ0v) is 13.9. The van der Waals surface area contributed by atoms with E-state index in [4.69, 9.17) is 5.11 Å². The van der Waals surface area contributed by atoms with Gasteiger partial charge in [-0.25, -0.2) is 4.79 Å². The molecule has 7 nitrogen and oxygen atoms in total. The van der Waals surface area contributed by atoms with E-state index in [0.717, 1.165) is 23.0 Å². The average Bonchev–Trinajstić information content (AvgIpc) is 3.12. The summed E-state index contributed by atoms with van der Waals surface area (Å²) in [6.45, 7) is 0.858. The molecule has 0 saturated carbocycles. The minimum Gasteiger partial charge on any atom is -0.481 e. The van der Waals surface area contributed by atoms with E-state index in [-0.39, 0.29) is 24.0 Å². The van der Waals surface area contributed by atoms with E-state index in [1.54, 1.807) is 4.90 Å². The van der Waals surface area contributed by atoms with Crippen LogP contribution in [0.4, 0.5) is 0 Å². The molecule has 2 aromatic rings. The normalized spacial score (nSPS) is 17.0. The zero-order chi connectivity index (χ0) is 16.4. The number of nitrogens with one attached hydrogen (secondary N) is 2. The zero-order valence-electron chi connectivity index (χ0n) is 13.1. The van der Waals surface area contributed by atoms with Gasteiger partial charge < -0.3 is 20.0 Å². The maximum absolute atomic E-state index is 12.1. The van der Waals surface area contributed by atoms with Gasteiger partial charge in [0.2, 0.25) is 5.91 Å². The molecule has 0 bridgehead atoms. The van der Waals surface area contributed by atoms with Crippen molar-refractivity contribution in [3.63, 3.8) is 0 Å². The first-order valence-electron chi connectivity index (χ1n) is 7.74. The summed E-state index contributed by atoms with van der Waals surface area (Å²) < 4.78 is 0. The number of aryl methyl sites for hydroxylation is 1. The van der Waals surface area contributed by atoms with E-state index in [9.17, 15) is 14.4 Å². The van der Waals surface area contributed by atoms with Crippen molar-refractivity contribution in [3.8, 4) is 0 Å². The molecule has 1 aliphatic heterocycles. The van der Waals surface area contributed by atoms with Crippen LogP contribution >= 0.6 is 12.4 Å². The summed E-state index contributed by atoms with van der Waals surface area (Å²) in [5.74, 6) is -1.23. The monoisotopic (exact) mass is 353 g/mol. The maximum atomic E-state index is 12.1. The summed E-state index contributed by atoms with van der Waals surface area (Å²) in [6, 6.07) is 5.70. The quantitative estimate of drug-likeness (QED) is 0.757. The van der Waals surface area contributed by atoms with Crippen molar-refractivity contribution in [1.82, 2.24) is 14.9 Å². The lowest BCUT2D eigenvalue weighted by atomic mass is 10.1. The molecule has 130 valence electrons. The fourth-order valence-electron chi connectivity index (χ4n) is 3.03. The summed E-state index contributed by atoms with van der Waals surface area (Å²) in [6.07, 6.45) is 2.39. The van der Waals surface area contributed by atoms with Gasteiger partial charge in [-0.05, 0) is 37.0 Å². The van der Waals surface area contributed by atoms with Gasteiger partial charge in [-0.2, -0.15) is 0 Å². The Morgan fingerprint density at radius 3 is 2.71 bits per heavy atom. The largest absolute Gasteiger partial charge is 0.481 e. The van der Waals surface area contributed by atoms with Crippen LogP contribution in [-0.2, 0) is 16.0 Å². The molecule has 0 aliphatic carbocycles. The molecule has 8 heteroatoms. The molecule has 1 unspecified atom stereocenters. The van der Waals surface area contributed by atoms with Crippen molar-refractivity contribution < 1.29 is 14.7 Å². The second-order valence-corrected chi connectivity index (χ2v) is 5.98. The Morgan fingerprint density at radius 1 is 1.25 bits per heavy atom. The van der Waals surface area contributed by atoms with Crippen LogP contribution in [0, 0.1) is 5.92 Å². The van der Waals surface area contributed by atoms with Gasteiger partial charge in [0.15, 0.2) is 0 Å². The van der Waals surface area contributed by atoms with Gasteiger partial charge in [0.25, 0.3) is 0 Å². The average molecular weight is 354 g/mol. The number of carbonyl (C=O) groups excluding carboxylic acids is 1. The molecule has 0 spiro atoms. The molecule has 2 heterocycles. The second kappa shape index (κ2) is 7.53. The van der Waals surface area contributed by atoms with Crippen molar-refractivity contribution >= 4 is 35.3 Å². The van der Waals surface area contributed by atoms with E-state index in [0.29, 0.717) is 32.4 Å².